The maximum absolute atomic E-state index is 12.5. The van der Waals surface area contributed by atoms with Gasteiger partial charge < -0.3 is 4.57 Å². The minimum atomic E-state index is -3.68. The number of fused-ring (bicyclic) bond motifs is 1. The fourth-order valence-electron chi connectivity index (χ4n) is 4.83. The molecule has 1 N–H and O–H groups in total. The van der Waals surface area contributed by atoms with Crippen molar-refractivity contribution in [1.82, 2.24) is 19.3 Å². The molecule has 0 unspecified atom stereocenters. The molecule has 2 fully saturated rings. The molecule has 2 saturated carbocycles. The first-order valence-electron chi connectivity index (χ1n) is 11.3. The van der Waals surface area contributed by atoms with Crippen LogP contribution >= 0.6 is 0 Å². The van der Waals surface area contributed by atoms with Crippen molar-refractivity contribution in [1.29, 1.82) is 5.26 Å². The molecule has 0 aliphatic heterocycles. The third kappa shape index (κ3) is 3.70. The molecular weight excluding hydrogens is 422 g/mol. The molecule has 0 spiro atoms. The molecule has 2 heterocycles. The Morgan fingerprint density at radius 3 is 2.41 bits per heavy atom. The standard InChI is InChI=1S/C24H27N5O2S/c1-15(2)28-32(30,31)19-13-26-24(27-14-19)23-21(12-25)20-10-9-17(16-7-8-16)11-22(20)29(23)18-5-3-4-6-18/h9-11,13-16,18,28H,3-8H2,1-2H3. The third-order valence-corrected chi connectivity index (χ3v) is 8.03. The molecule has 0 radical (unpaired) electrons. The molecule has 2 aromatic heterocycles. The van der Waals surface area contributed by atoms with Gasteiger partial charge in [-0.2, -0.15) is 5.26 Å². The van der Waals surface area contributed by atoms with E-state index in [-0.39, 0.29) is 10.9 Å². The first-order chi connectivity index (χ1) is 15.4. The largest absolute Gasteiger partial charge is 0.334 e. The van der Waals surface area contributed by atoms with E-state index >= 15 is 0 Å². The highest BCUT2D eigenvalue weighted by molar-refractivity contribution is 7.89. The number of sulfonamides is 1. The highest BCUT2D eigenvalue weighted by Crippen LogP contribution is 2.44. The number of nitrogens with zero attached hydrogens (tertiary/aromatic N) is 4. The van der Waals surface area contributed by atoms with Crippen LogP contribution in [0.2, 0.25) is 0 Å². The monoisotopic (exact) mass is 449 g/mol. The molecule has 0 amide bonds. The van der Waals surface area contributed by atoms with Gasteiger partial charge in [-0.05, 0) is 57.1 Å². The minimum Gasteiger partial charge on any atom is -0.334 e. The van der Waals surface area contributed by atoms with Crippen LogP contribution in [0.5, 0.6) is 0 Å². The summed E-state index contributed by atoms with van der Waals surface area (Å²) in [6.07, 6.45) is 9.54. The van der Waals surface area contributed by atoms with Crippen LogP contribution < -0.4 is 4.72 Å². The summed E-state index contributed by atoms with van der Waals surface area (Å²) in [5.41, 5.74) is 3.65. The Morgan fingerprint density at radius 1 is 1.12 bits per heavy atom. The molecule has 32 heavy (non-hydrogen) atoms. The van der Waals surface area contributed by atoms with Gasteiger partial charge in [-0.25, -0.2) is 23.1 Å². The van der Waals surface area contributed by atoms with E-state index in [4.69, 9.17) is 0 Å². The summed E-state index contributed by atoms with van der Waals surface area (Å²) in [4.78, 5) is 8.87. The van der Waals surface area contributed by atoms with E-state index in [1.54, 1.807) is 13.8 Å². The van der Waals surface area contributed by atoms with Crippen molar-refractivity contribution in [2.75, 3.05) is 0 Å². The van der Waals surface area contributed by atoms with Gasteiger partial charge in [0.1, 0.15) is 16.7 Å². The number of hydrogen-bond acceptors (Lipinski definition) is 5. The Labute approximate surface area is 188 Å². The minimum absolute atomic E-state index is 0.0213. The molecule has 2 aliphatic rings. The number of hydrogen-bond donors (Lipinski definition) is 1. The summed E-state index contributed by atoms with van der Waals surface area (Å²) < 4.78 is 29.8. The molecule has 8 heteroatoms. The topological polar surface area (TPSA) is 101 Å². The van der Waals surface area contributed by atoms with E-state index in [0.29, 0.717) is 29.0 Å². The predicted octanol–water partition coefficient (Wildman–Crippen LogP) is 4.65. The fourth-order valence-corrected chi connectivity index (χ4v) is 5.97. The zero-order chi connectivity index (χ0) is 22.5. The van der Waals surface area contributed by atoms with Crippen molar-refractivity contribution in [2.45, 2.75) is 75.3 Å². The Hall–Kier alpha value is -2.76. The fraction of sp³-hybridized carbons (Fsp3) is 0.458. The molecule has 0 bridgehead atoms. The van der Waals surface area contributed by atoms with Crippen molar-refractivity contribution < 1.29 is 8.42 Å². The summed E-state index contributed by atoms with van der Waals surface area (Å²) in [6, 6.07) is 8.88. The molecule has 3 aromatic rings. The molecule has 7 nitrogen and oxygen atoms in total. The van der Waals surface area contributed by atoms with E-state index in [1.165, 1.54) is 30.8 Å². The zero-order valence-corrected chi connectivity index (χ0v) is 19.2. The van der Waals surface area contributed by atoms with Gasteiger partial charge in [-0.1, -0.05) is 25.0 Å². The lowest BCUT2D eigenvalue weighted by Crippen LogP contribution is -2.30. The Balaban J connectivity index is 1.67. The van der Waals surface area contributed by atoms with Gasteiger partial charge in [-0.3, -0.25) is 0 Å². The molecule has 1 aromatic carbocycles. The van der Waals surface area contributed by atoms with Crippen LogP contribution in [-0.4, -0.2) is 29.0 Å². The van der Waals surface area contributed by atoms with Crippen molar-refractivity contribution >= 4 is 20.9 Å². The Kier molecular flexibility index (Phi) is 5.26. The van der Waals surface area contributed by atoms with Crippen LogP contribution in [-0.2, 0) is 10.0 Å². The summed E-state index contributed by atoms with van der Waals surface area (Å²) in [6.45, 7) is 3.53. The van der Waals surface area contributed by atoms with Crippen LogP contribution in [0.1, 0.15) is 75.5 Å². The highest BCUT2D eigenvalue weighted by atomic mass is 32.2. The van der Waals surface area contributed by atoms with Crippen molar-refractivity contribution in [2.24, 2.45) is 0 Å². The second-order valence-corrected chi connectivity index (χ2v) is 10.9. The number of aromatic nitrogens is 3. The number of benzene rings is 1. The summed E-state index contributed by atoms with van der Waals surface area (Å²) in [7, 11) is -3.68. The number of rotatable bonds is 6. The van der Waals surface area contributed by atoms with Crippen LogP contribution in [0, 0.1) is 11.3 Å². The van der Waals surface area contributed by atoms with Gasteiger partial charge >= 0.3 is 0 Å². The average molecular weight is 450 g/mol. The maximum atomic E-state index is 12.5. The molecular formula is C24H27N5O2S. The van der Waals surface area contributed by atoms with E-state index in [0.717, 1.165) is 36.6 Å². The van der Waals surface area contributed by atoms with Gasteiger partial charge in [0.15, 0.2) is 5.82 Å². The second kappa shape index (κ2) is 7.98. The van der Waals surface area contributed by atoms with Crippen LogP contribution in [0.25, 0.3) is 22.4 Å². The van der Waals surface area contributed by atoms with Crippen molar-refractivity contribution in [3.8, 4) is 17.6 Å². The van der Waals surface area contributed by atoms with Gasteiger partial charge in [0, 0.05) is 17.5 Å². The smallest absolute Gasteiger partial charge is 0.243 e. The van der Waals surface area contributed by atoms with Crippen LogP contribution in [0.15, 0.2) is 35.5 Å². The Bertz CT molecular complexity index is 1310. The van der Waals surface area contributed by atoms with Crippen LogP contribution in [0.3, 0.4) is 0 Å². The molecule has 166 valence electrons. The number of nitrogens with one attached hydrogen (secondary N) is 1. The Morgan fingerprint density at radius 2 is 1.81 bits per heavy atom. The summed E-state index contributed by atoms with van der Waals surface area (Å²) >= 11 is 0. The van der Waals surface area contributed by atoms with E-state index in [9.17, 15) is 13.7 Å². The summed E-state index contributed by atoms with van der Waals surface area (Å²) in [5.74, 6) is 1.01. The second-order valence-electron chi connectivity index (χ2n) is 9.21. The quantitative estimate of drug-likeness (QED) is 0.590. The lowest BCUT2D eigenvalue weighted by atomic mass is 10.1. The van der Waals surface area contributed by atoms with Crippen molar-refractivity contribution in [3.05, 3.63) is 41.7 Å². The SMILES string of the molecule is CC(C)NS(=O)(=O)c1cnc(-c2c(C#N)c3ccc(C4CC4)cc3n2C2CCCC2)nc1. The third-order valence-electron chi connectivity index (χ3n) is 6.42. The van der Waals surface area contributed by atoms with E-state index in [2.05, 4.69) is 43.5 Å². The zero-order valence-electron chi connectivity index (χ0n) is 18.4. The maximum Gasteiger partial charge on any atom is 0.243 e. The lowest BCUT2D eigenvalue weighted by Gasteiger charge is -2.18. The summed E-state index contributed by atoms with van der Waals surface area (Å²) in [5, 5.41) is 11.0. The first-order valence-corrected chi connectivity index (χ1v) is 12.8. The number of nitriles is 1. The lowest BCUT2D eigenvalue weighted by molar-refractivity contribution is 0.538. The first kappa shape index (κ1) is 21.1. The van der Waals surface area contributed by atoms with Crippen molar-refractivity contribution in [3.63, 3.8) is 0 Å². The van der Waals surface area contributed by atoms with Crippen LogP contribution in [0.4, 0.5) is 0 Å². The average Bonchev–Trinajstić information content (AvgIpc) is 3.37. The molecule has 0 atom stereocenters. The normalized spacial score (nSPS) is 17.3. The van der Waals surface area contributed by atoms with E-state index in [1.807, 2.05) is 0 Å². The predicted molar refractivity (Wildman–Crippen MR) is 123 cm³/mol. The molecule has 0 saturated heterocycles. The van der Waals surface area contributed by atoms with Gasteiger partial charge in [0.2, 0.25) is 10.0 Å². The van der Waals surface area contributed by atoms with Gasteiger partial charge in [0.25, 0.3) is 0 Å². The molecule has 2 aliphatic carbocycles. The van der Waals surface area contributed by atoms with Gasteiger partial charge in [0.05, 0.1) is 23.5 Å². The highest BCUT2D eigenvalue weighted by Gasteiger charge is 2.30. The van der Waals surface area contributed by atoms with Gasteiger partial charge in [-0.15, -0.1) is 0 Å². The van der Waals surface area contributed by atoms with E-state index < -0.39 is 10.0 Å². The molecule has 5 rings (SSSR count).